The molecule has 154 valence electrons. The Hall–Kier alpha value is -1.79. The van der Waals surface area contributed by atoms with Crippen molar-refractivity contribution in [3.8, 4) is 11.5 Å². The molecule has 1 aliphatic heterocycles. The Balaban J connectivity index is 0.000000203. The highest BCUT2D eigenvalue weighted by molar-refractivity contribution is 6.18. The van der Waals surface area contributed by atoms with Gasteiger partial charge < -0.3 is 24.6 Å². The highest BCUT2D eigenvalue weighted by atomic mass is 35.5. The third-order valence-corrected chi connectivity index (χ3v) is 4.79. The molecule has 0 radical (unpaired) electrons. The highest BCUT2D eigenvalue weighted by Crippen LogP contribution is 2.14. The van der Waals surface area contributed by atoms with E-state index in [0.717, 1.165) is 43.2 Å². The fourth-order valence-corrected chi connectivity index (χ4v) is 2.97. The van der Waals surface area contributed by atoms with E-state index >= 15 is 0 Å². The van der Waals surface area contributed by atoms with Crippen molar-refractivity contribution in [3.63, 3.8) is 0 Å². The van der Waals surface area contributed by atoms with E-state index in [2.05, 4.69) is 17.4 Å². The molecule has 1 heterocycles. The van der Waals surface area contributed by atoms with Gasteiger partial charge in [-0.05, 0) is 48.2 Å². The Morgan fingerprint density at radius 2 is 1.61 bits per heavy atom. The summed E-state index contributed by atoms with van der Waals surface area (Å²) < 4.78 is 15.8. The first-order valence-electron chi connectivity index (χ1n) is 9.46. The number of hydrogen-bond donors (Lipinski definition) is 2. The first kappa shape index (κ1) is 22.5. The fourth-order valence-electron chi connectivity index (χ4n) is 2.86. The zero-order valence-corrected chi connectivity index (χ0v) is 17.3. The topological polar surface area (TPSA) is 60.0 Å². The van der Waals surface area contributed by atoms with Crippen molar-refractivity contribution in [2.24, 2.45) is 0 Å². The van der Waals surface area contributed by atoms with Crippen LogP contribution in [0.25, 0.3) is 0 Å². The van der Waals surface area contributed by atoms with Gasteiger partial charge in [-0.3, -0.25) is 0 Å². The molecule has 1 aliphatic rings. The molecule has 28 heavy (non-hydrogen) atoms. The molecule has 5 nitrogen and oxygen atoms in total. The minimum absolute atomic E-state index is 0.270. The van der Waals surface area contributed by atoms with E-state index in [1.54, 1.807) is 14.2 Å². The molecule has 0 amide bonds. The van der Waals surface area contributed by atoms with Crippen molar-refractivity contribution in [1.29, 1.82) is 0 Å². The van der Waals surface area contributed by atoms with Gasteiger partial charge in [0, 0.05) is 19.0 Å². The van der Waals surface area contributed by atoms with Gasteiger partial charge in [0.25, 0.3) is 0 Å². The minimum Gasteiger partial charge on any atom is -0.497 e. The predicted molar refractivity (Wildman–Crippen MR) is 113 cm³/mol. The lowest BCUT2D eigenvalue weighted by atomic mass is 10.1. The normalized spacial score (nSPS) is 17.2. The number of hydrogen-bond acceptors (Lipinski definition) is 5. The Morgan fingerprint density at radius 1 is 1.04 bits per heavy atom. The van der Waals surface area contributed by atoms with Crippen LogP contribution in [0.1, 0.15) is 11.1 Å². The van der Waals surface area contributed by atoms with Gasteiger partial charge in [0.05, 0.1) is 33.0 Å². The van der Waals surface area contributed by atoms with E-state index in [9.17, 15) is 5.11 Å². The van der Waals surface area contributed by atoms with Crippen LogP contribution in [0.4, 0.5) is 0 Å². The lowest BCUT2D eigenvalue weighted by Crippen LogP contribution is -2.39. The van der Waals surface area contributed by atoms with Crippen LogP contribution in [0.2, 0.25) is 0 Å². The summed E-state index contributed by atoms with van der Waals surface area (Å²) in [4.78, 5) is 0. The summed E-state index contributed by atoms with van der Waals surface area (Å²) in [7, 11) is 3.31. The summed E-state index contributed by atoms with van der Waals surface area (Å²) in [6.07, 6.45) is 1.41. The van der Waals surface area contributed by atoms with Crippen LogP contribution in [0.15, 0.2) is 48.5 Å². The van der Waals surface area contributed by atoms with Crippen molar-refractivity contribution >= 4 is 11.6 Å². The molecule has 2 aromatic carbocycles. The molecule has 6 heteroatoms. The molecule has 2 atom stereocenters. The number of rotatable bonds is 7. The molecule has 0 saturated carbocycles. The van der Waals surface area contributed by atoms with E-state index in [1.165, 1.54) is 5.56 Å². The second-order valence-corrected chi connectivity index (χ2v) is 6.92. The molecule has 3 rings (SSSR count). The third kappa shape index (κ3) is 8.07. The van der Waals surface area contributed by atoms with E-state index < -0.39 is 6.10 Å². The first-order valence-corrected chi connectivity index (χ1v) is 10.00. The molecule has 2 aromatic rings. The maximum atomic E-state index is 9.27. The number of benzene rings is 2. The zero-order chi connectivity index (χ0) is 20.2. The van der Waals surface area contributed by atoms with Crippen molar-refractivity contribution < 1.29 is 19.3 Å². The molecular formula is C22H30ClNO4. The Morgan fingerprint density at radius 3 is 2.07 bits per heavy atom. The van der Waals surface area contributed by atoms with Crippen molar-refractivity contribution in [1.82, 2.24) is 5.32 Å². The number of alkyl halides is 1. The summed E-state index contributed by atoms with van der Waals surface area (Å²) in [6.45, 7) is 2.74. The van der Waals surface area contributed by atoms with Gasteiger partial charge in [0.15, 0.2) is 0 Å². The Bertz CT molecular complexity index is 657. The molecule has 0 aromatic heterocycles. The predicted octanol–water partition coefficient (Wildman–Crippen LogP) is 3.06. The summed E-state index contributed by atoms with van der Waals surface area (Å²) in [5.41, 5.74) is 2.36. The standard InChI is InChI=1S/C12H17NO2.C10H13ClO2/c1-14-11-4-2-10(3-5-11)8-12-9-13-6-7-15-12;1-13-10-4-2-8(3-5-10)6-9(12)7-11/h2-5,12-13H,6-9H2,1H3;2-5,9,12H,6-7H2,1H3/t12-;9-/m11/s1. The van der Waals surface area contributed by atoms with E-state index in [1.807, 2.05) is 36.4 Å². The quantitative estimate of drug-likeness (QED) is 0.691. The monoisotopic (exact) mass is 407 g/mol. The summed E-state index contributed by atoms with van der Waals surface area (Å²) in [6, 6.07) is 15.8. The summed E-state index contributed by atoms with van der Waals surface area (Å²) >= 11 is 5.49. The van der Waals surface area contributed by atoms with Gasteiger partial charge in [-0.2, -0.15) is 0 Å². The second-order valence-electron chi connectivity index (χ2n) is 6.61. The molecule has 0 aliphatic carbocycles. The SMILES string of the molecule is COc1ccc(C[C@@H](O)CCl)cc1.COc1ccc(C[C@@H]2CNCCO2)cc1. The van der Waals surface area contributed by atoms with Gasteiger partial charge in [-0.25, -0.2) is 0 Å². The van der Waals surface area contributed by atoms with Gasteiger partial charge in [-0.1, -0.05) is 24.3 Å². The average molecular weight is 408 g/mol. The van der Waals surface area contributed by atoms with Gasteiger partial charge in [-0.15, -0.1) is 11.6 Å². The summed E-state index contributed by atoms with van der Waals surface area (Å²) in [5.74, 6) is 2.00. The number of halogens is 1. The third-order valence-electron chi connectivity index (χ3n) is 4.44. The molecule has 0 bridgehead atoms. The lowest BCUT2D eigenvalue weighted by Gasteiger charge is -2.23. The second kappa shape index (κ2) is 12.6. The highest BCUT2D eigenvalue weighted by Gasteiger charge is 2.13. The Labute approximate surface area is 172 Å². The average Bonchev–Trinajstić information content (AvgIpc) is 2.76. The number of morpholine rings is 1. The van der Waals surface area contributed by atoms with Crippen LogP contribution in [0.5, 0.6) is 11.5 Å². The van der Waals surface area contributed by atoms with Gasteiger partial charge in [0.2, 0.25) is 0 Å². The smallest absolute Gasteiger partial charge is 0.118 e. The maximum Gasteiger partial charge on any atom is 0.118 e. The molecular weight excluding hydrogens is 378 g/mol. The van der Waals surface area contributed by atoms with Crippen LogP contribution in [-0.4, -0.2) is 57.1 Å². The molecule has 0 unspecified atom stereocenters. The van der Waals surface area contributed by atoms with Crippen LogP contribution in [0, 0.1) is 0 Å². The van der Waals surface area contributed by atoms with E-state index in [4.69, 9.17) is 25.8 Å². The number of aliphatic hydroxyl groups is 1. The van der Waals surface area contributed by atoms with Gasteiger partial charge >= 0.3 is 0 Å². The molecule has 1 saturated heterocycles. The first-order chi connectivity index (χ1) is 13.6. The van der Waals surface area contributed by atoms with Gasteiger partial charge in [0.1, 0.15) is 11.5 Å². The summed E-state index contributed by atoms with van der Waals surface area (Å²) in [5, 5.41) is 12.6. The van der Waals surface area contributed by atoms with Crippen molar-refractivity contribution in [3.05, 3.63) is 59.7 Å². The lowest BCUT2D eigenvalue weighted by molar-refractivity contribution is 0.0292. The van der Waals surface area contributed by atoms with Crippen LogP contribution >= 0.6 is 11.6 Å². The number of methoxy groups -OCH3 is 2. The molecule has 1 fully saturated rings. The van der Waals surface area contributed by atoms with Crippen molar-refractivity contribution in [2.75, 3.05) is 39.8 Å². The number of ether oxygens (including phenoxy) is 3. The largest absolute Gasteiger partial charge is 0.497 e. The van der Waals surface area contributed by atoms with Crippen LogP contribution < -0.4 is 14.8 Å². The molecule has 2 N–H and O–H groups in total. The Kier molecular flexibility index (Phi) is 10.1. The zero-order valence-electron chi connectivity index (χ0n) is 16.6. The number of nitrogens with one attached hydrogen (secondary N) is 1. The minimum atomic E-state index is -0.463. The van der Waals surface area contributed by atoms with Crippen LogP contribution in [-0.2, 0) is 17.6 Å². The van der Waals surface area contributed by atoms with E-state index in [-0.39, 0.29) is 5.88 Å². The fraction of sp³-hybridized carbons (Fsp3) is 0.455. The van der Waals surface area contributed by atoms with Crippen molar-refractivity contribution in [2.45, 2.75) is 25.0 Å². The maximum absolute atomic E-state index is 9.27. The molecule has 0 spiro atoms. The van der Waals surface area contributed by atoms with Crippen LogP contribution in [0.3, 0.4) is 0 Å². The number of aliphatic hydroxyl groups excluding tert-OH is 1. The van der Waals surface area contributed by atoms with E-state index in [0.29, 0.717) is 12.5 Å².